The molecule has 0 spiro atoms. The molecule has 0 saturated heterocycles. The third kappa shape index (κ3) is 15.1. The van der Waals surface area contributed by atoms with Crippen molar-refractivity contribution >= 4 is 50.6 Å². The van der Waals surface area contributed by atoms with Gasteiger partial charge in [0, 0.05) is 102 Å². The van der Waals surface area contributed by atoms with E-state index in [-0.39, 0.29) is 15.3 Å². The zero-order valence-corrected chi connectivity index (χ0v) is 38.5. The van der Waals surface area contributed by atoms with E-state index in [0.29, 0.717) is 0 Å². The van der Waals surface area contributed by atoms with Crippen LogP contribution in [0.4, 0.5) is 0 Å². The van der Waals surface area contributed by atoms with E-state index in [1.165, 1.54) is 35.3 Å². The molecule has 66 heavy (non-hydrogen) atoms. The van der Waals surface area contributed by atoms with Gasteiger partial charge in [-0.2, -0.15) is 0 Å². The molecule has 0 fully saturated rings. The molecule has 0 aliphatic rings. The van der Waals surface area contributed by atoms with Crippen LogP contribution in [0.15, 0.2) is 178 Å². The molecule has 0 aliphatic carbocycles. The Bertz CT molecular complexity index is 2960. The lowest BCUT2D eigenvalue weighted by Gasteiger charge is -1.99. The number of rotatable bonds is 3. The second-order valence-corrected chi connectivity index (χ2v) is 18.1. The largest absolute Gasteiger partial charge is 0.287 e. The number of benzene rings is 7. The minimum absolute atomic E-state index is 0.0489. The summed E-state index contributed by atoms with van der Waals surface area (Å²) in [6.07, 6.45) is 0. The molecule has 0 unspecified atom stereocenters. The van der Waals surface area contributed by atoms with Crippen molar-refractivity contribution in [1.82, 2.24) is 0 Å². The first-order valence-corrected chi connectivity index (χ1v) is 22.9. The van der Waals surface area contributed by atoms with Crippen LogP contribution in [0.1, 0.15) is 87.5 Å². The summed E-state index contributed by atoms with van der Waals surface area (Å²) in [6, 6.07) is 52.2. The molecule has 0 aliphatic heterocycles. The van der Waals surface area contributed by atoms with Gasteiger partial charge < -0.3 is 0 Å². The highest BCUT2D eigenvalue weighted by atomic mass is 32.2. The maximum atomic E-state index is 11.4. The summed E-state index contributed by atoms with van der Waals surface area (Å²) in [4.78, 5) is 36.9. The highest BCUT2D eigenvalue weighted by Crippen LogP contribution is 2.21. The molecule has 0 N–H and O–H groups in total. The van der Waals surface area contributed by atoms with Gasteiger partial charge in [-0.25, -0.2) is 0 Å². The maximum absolute atomic E-state index is 11.4. The lowest BCUT2D eigenvalue weighted by Crippen LogP contribution is -1.86. The molecule has 7 rings (SSSR count). The summed E-state index contributed by atoms with van der Waals surface area (Å²) in [7, 11) is 0. The van der Waals surface area contributed by atoms with Gasteiger partial charge in [0.25, 0.3) is 0 Å². The Hall–Kier alpha value is -8.04. The fourth-order valence-corrected chi connectivity index (χ4v) is 7.75. The Labute approximate surface area is 399 Å². The van der Waals surface area contributed by atoms with Crippen LogP contribution in [-0.4, -0.2) is 15.3 Å². The van der Waals surface area contributed by atoms with E-state index in [4.69, 9.17) is 0 Å². The van der Waals surface area contributed by atoms with Crippen LogP contribution in [0, 0.1) is 71.0 Å². The average Bonchev–Trinajstić information content (AvgIpc) is 3.32. The van der Waals surface area contributed by atoms with Crippen molar-refractivity contribution in [2.24, 2.45) is 0 Å². The first-order chi connectivity index (χ1) is 32.1. The summed E-state index contributed by atoms with van der Waals surface area (Å²) < 4.78 is 0. The van der Waals surface area contributed by atoms with Gasteiger partial charge in [0.15, 0.2) is 15.3 Å². The second-order valence-electron chi connectivity index (χ2n) is 14.4. The number of thioether (sulfide) groups is 3. The van der Waals surface area contributed by atoms with Crippen LogP contribution in [-0.2, 0) is 14.4 Å². The molecule has 6 heteroatoms. The molecular formula is C60H36O3S3. The van der Waals surface area contributed by atoms with Gasteiger partial charge in [0.1, 0.15) is 0 Å². The van der Waals surface area contributed by atoms with Crippen molar-refractivity contribution in [3.05, 3.63) is 231 Å². The smallest absolute Gasteiger partial charge is 0.190 e. The van der Waals surface area contributed by atoms with Crippen molar-refractivity contribution in [1.29, 1.82) is 0 Å². The summed E-state index contributed by atoms with van der Waals surface area (Å²) in [6.45, 7) is 4.65. The van der Waals surface area contributed by atoms with Crippen LogP contribution in [0.25, 0.3) is 0 Å². The van der Waals surface area contributed by atoms with Crippen LogP contribution in [0.3, 0.4) is 0 Å². The predicted molar refractivity (Wildman–Crippen MR) is 271 cm³/mol. The summed E-state index contributed by atoms with van der Waals surface area (Å²) >= 11 is 3.61. The van der Waals surface area contributed by atoms with E-state index in [0.717, 1.165) is 81.4 Å². The standard InChI is InChI=1S/C60H36O3S3/c1-43(61)64-58-34-28-52(29-35-58)19-16-46-4-10-49(11-5-46)22-25-55-40-56(26-23-50-12-6-47(7-13-50)17-20-53-30-36-59(37-31-53)65-44(2)62)42-57(41-55)27-24-51-14-8-48(9-15-51)18-21-54-32-38-60(39-33-54)66-45(3)63/h4-15,28-42H,1-3H3. The monoisotopic (exact) mass is 900 g/mol. The van der Waals surface area contributed by atoms with Crippen LogP contribution < -0.4 is 0 Å². The van der Waals surface area contributed by atoms with Crippen LogP contribution >= 0.6 is 35.3 Å². The zero-order chi connectivity index (χ0) is 46.1. The van der Waals surface area contributed by atoms with Gasteiger partial charge in [-0.1, -0.05) is 106 Å². The van der Waals surface area contributed by atoms with Crippen LogP contribution in [0.5, 0.6) is 0 Å². The van der Waals surface area contributed by atoms with Crippen molar-refractivity contribution in [2.75, 3.05) is 0 Å². The van der Waals surface area contributed by atoms with E-state index in [1.54, 1.807) is 20.8 Å². The third-order valence-electron chi connectivity index (χ3n) is 9.04. The Morgan fingerprint density at radius 1 is 0.242 bits per heavy atom. The number of hydrogen-bond acceptors (Lipinski definition) is 6. The van der Waals surface area contributed by atoms with E-state index in [2.05, 4.69) is 71.0 Å². The maximum Gasteiger partial charge on any atom is 0.190 e. The van der Waals surface area contributed by atoms with Gasteiger partial charge in [-0.15, -0.1) is 0 Å². The lowest BCUT2D eigenvalue weighted by molar-refractivity contribution is -0.109. The fraction of sp³-hybridized carbons (Fsp3) is 0.0500. The van der Waals surface area contributed by atoms with Gasteiger partial charge in [-0.05, 0) is 164 Å². The predicted octanol–water partition coefficient (Wildman–Crippen LogP) is 12.0. The Kier molecular flexibility index (Phi) is 16.1. The molecule has 0 saturated carbocycles. The van der Waals surface area contributed by atoms with Crippen molar-refractivity contribution in [3.63, 3.8) is 0 Å². The molecule has 0 amide bonds. The highest BCUT2D eigenvalue weighted by molar-refractivity contribution is 8.14. The van der Waals surface area contributed by atoms with Gasteiger partial charge in [-0.3, -0.25) is 14.4 Å². The Morgan fingerprint density at radius 3 is 0.530 bits per heavy atom. The molecule has 0 atom stereocenters. The van der Waals surface area contributed by atoms with E-state index in [1.807, 2.05) is 164 Å². The van der Waals surface area contributed by atoms with Crippen molar-refractivity contribution < 1.29 is 14.4 Å². The quantitative estimate of drug-likeness (QED) is 0.130. The average molecular weight is 901 g/mol. The van der Waals surface area contributed by atoms with Gasteiger partial charge in [0.2, 0.25) is 0 Å². The van der Waals surface area contributed by atoms with E-state index < -0.39 is 0 Å². The molecule has 0 bridgehead atoms. The zero-order valence-electron chi connectivity index (χ0n) is 36.0. The molecular weight excluding hydrogens is 865 g/mol. The summed E-state index contributed by atoms with van der Waals surface area (Å²) in [5, 5.41) is 0.147. The fourth-order valence-electron chi connectivity index (χ4n) is 5.94. The normalized spacial score (nSPS) is 9.68. The number of hydrogen-bond donors (Lipinski definition) is 0. The first-order valence-electron chi connectivity index (χ1n) is 20.5. The van der Waals surface area contributed by atoms with E-state index in [9.17, 15) is 14.4 Å². The molecule has 0 heterocycles. The molecule has 312 valence electrons. The molecule has 7 aromatic rings. The molecule has 3 nitrogen and oxygen atoms in total. The minimum atomic E-state index is 0.0489. The Balaban J connectivity index is 1.09. The minimum Gasteiger partial charge on any atom is -0.287 e. The lowest BCUT2D eigenvalue weighted by atomic mass is 10.0. The third-order valence-corrected chi connectivity index (χ3v) is 11.4. The van der Waals surface area contributed by atoms with E-state index >= 15 is 0 Å². The Morgan fingerprint density at radius 2 is 0.379 bits per heavy atom. The SMILES string of the molecule is CC(=O)Sc1ccc(C#Cc2ccc(C#Cc3cc(C#Cc4ccc(C#Cc5ccc(SC(C)=O)cc5)cc4)cc(C#Cc4ccc(C#Cc5ccc(SC(C)=O)cc5)cc4)c3)cc2)cc1. The first kappa shape index (κ1) is 46.0. The second kappa shape index (κ2) is 23.1. The van der Waals surface area contributed by atoms with Crippen LogP contribution in [0.2, 0.25) is 0 Å². The molecule has 0 aromatic heterocycles. The van der Waals surface area contributed by atoms with Gasteiger partial charge >= 0.3 is 0 Å². The van der Waals surface area contributed by atoms with Crippen molar-refractivity contribution in [2.45, 2.75) is 35.5 Å². The topological polar surface area (TPSA) is 51.2 Å². The molecule has 0 radical (unpaired) electrons. The number of carbonyl (C=O) groups excluding carboxylic acids is 3. The number of carbonyl (C=O) groups is 3. The summed E-state index contributed by atoms with van der Waals surface area (Å²) in [5.74, 6) is 39.0. The van der Waals surface area contributed by atoms with Gasteiger partial charge in [0.05, 0.1) is 0 Å². The molecule has 7 aromatic carbocycles. The summed E-state index contributed by atoms with van der Waals surface area (Å²) in [5.41, 5.74) is 10.1. The highest BCUT2D eigenvalue weighted by Gasteiger charge is 2.02. The van der Waals surface area contributed by atoms with Crippen molar-refractivity contribution in [3.8, 4) is 71.0 Å².